The smallest absolute Gasteiger partial charge is 0.260 e. The van der Waals surface area contributed by atoms with Gasteiger partial charge in [-0.05, 0) is 37.1 Å². The van der Waals surface area contributed by atoms with Gasteiger partial charge in [0.2, 0.25) is 5.91 Å². The van der Waals surface area contributed by atoms with Crippen molar-refractivity contribution in [1.82, 2.24) is 15.1 Å². The summed E-state index contributed by atoms with van der Waals surface area (Å²) in [6.07, 6.45) is 2.07. The molecule has 1 aliphatic heterocycles. The summed E-state index contributed by atoms with van der Waals surface area (Å²) in [5.74, 6) is 0.659. The van der Waals surface area contributed by atoms with E-state index in [-0.39, 0.29) is 18.4 Å². The molecular formula is C19H28ClN3O3. The summed E-state index contributed by atoms with van der Waals surface area (Å²) in [7, 11) is 0. The second-order valence-electron chi connectivity index (χ2n) is 6.56. The first-order chi connectivity index (χ1) is 12.5. The van der Waals surface area contributed by atoms with Crippen LogP contribution in [0.5, 0.6) is 5.75 Å². The minimum atomic E-state index is -0.0374. The van der Waals surface area contributed by atoms with Crippen LogP contribution in [0.3, 0.4) is 0 Å². The van der Waals surface area contributed by atoms with Gasteiger partial charge in [0.05, 0.1) is 6.54 Å². The largest absolute Gasteiger partial charge is 0.484 e. The number of halogens is 1. The first kappa shape index (κ1) is 20.5. The van der Waals surface area contributed by atoms with Gasteiger partial charge in [0.15, 0.2) is 6.61 Å². The Bertz CT molecular complexity index is 616. The number of carbonyl (C=O) groups is 2. The summed E-state index contributed by atoms with van der Waals surface area (Å²) < 4.78 is 5.58. The van der Waals surface area contributed by atoms with E-state index in [1.165, 1.54) is 0 Å². The maximum Gasteiger partial charge on any atom is 0.260 e. The topological polar surface area (TPSA) is 61.9 Å². The van der Waals surface area contributed by atoms with Crippen molar-refractivity contribution < 1.29 is 14.3 Å². The highest BCUT2D eigenvalue weighted by Crippen LogP contribution is 2.21. The Morgan fingerprint density at radius 2 is 1.96 bits per heavy atom. The molecule has 26 heavy (non-hydrogen) atoms. The Morgan fingerprint density at radius 3 is 2.62 bits per heavy atom. The molecule has 1 fully saturated rings. The van der Waals surface area contributed by atoms with Crippen molar-refractivity contribution in [3.63, 3.8) is 0 Å². The lowest BCUT2D eigenvalue weighted by Gasteiger charge is -2.34. The molecule has 1 N–H and O–H groups in total. The number of nitrogens with zero attached hydrogens (tertiary/aromatic N) is 2. The molecule has 1 aliphatic rings. The van der Waals surface area contributed by atoms with Crippen LogP contribution < -0.4 is 10.1 Å². The van der Waals surface area contributed by atoms with Gasteiger partial charge in [-0.25, -0.2) is 0 Å². The van der Waals surface area contributed by atoms with Gasteiger partial charge in [-0.3, -0.25) is 14.5 Å². The molecule has 1 aromatic rings. The molecule has 1 heterocycles. The van der Waals surface area contributed by atoms with Crippen LogP contribution in [0.25, 0.3) is 0 Å². The molecule has 0 aromatic heterocycles. The average Bonchev–Trinajstić information content (AvgIpc) is 2.63. The van der Waals surface area contributed by atoms with Crippen molar-refractivity contribution in [2.24, 2.45) is 0 Å². The number of nitrogens with one attached hydrogen (secondary N) is 1. The van der Waals surface area contributed by atoms with Crippen LogP contribution in [-0.2, 0) is 9.59 Å². The van der Waals surface area contributed by atoms with Gasteiger partial charge in [0.1, 0.15) is 5.75 Å². The molecule has 0 atom stereocenters. The molecule has 1 aromatic carbocycles. The van der Waals surface area contributed by atoms with Crippen molar-refractivity contribution in [3.8, 4) is 5.75 Å². The highest BCUT2D eigenvalue weighted by atomic mass is 35.5. The zero-order chi connectivity index (χ0) is 18.9. The van der Waals surface area contributed by atoms with Gasteiger partial charge < -0.3 is 15.0 Å². The van der Waals surface area contributed by atoms with Crippen LogP contribution in [0.15, 0.2) is 18.2 Å². The monoisotopic (exact) mass is 381 g/mol. The molecule has 0 bridgehead atoms. The number of piperazine rings is 1. The lowest BCUT2D eigenvalue weighted by atomic mass is 10.2. The average molecular weight is 382 g/mol. The quantitative estimate of drug-likeness (QED) is 0.700. The molecule has 1 saturated heterocycles. The second-order valence-corrected chi connectivity index (χ2v) is 6.97. The third-order valence-corrected chi connectivity index (χ3v) is 4.86. The van der Waals surface area contributed by atoms with Gasteiger partial charge >= 0.3 is 0 Å². The summed E-state index contributed by atoms with van der Waals surface area (Å²) in [6, 6.07) is 5.35. The molecular weight excluding hydrogens is 354 g/mol. The lowest BCUT2D eigenvalue weighted by Crippen LogP contribution is -2.52. The maximum atomic E-state index is 12.3. The van der Waals surface area contributed by atoms with Crippen molar-refractivity contribution in [2.45, 2.75) is 26.7 Å². The van der Waals surface area contributed by atoms with E-state index < -0.39 is 0 Å². The number of hydrogen-bond donors (Lipinski definition) is 1. The predicted octanol–water partition coefficient (Wildman–Crippen LogP) is 2.09. The standard InChI is InChI=1S/C19H28ClN3O3/c1-3-4-7-21-18(24)13-22-8-10-23(11-9-22)19(25)14-26-16-5-6-17(20)15(2)12-16/h5-6,12H,3-4,7-11,13-14H2,1-2H3,(H,21,24). The van der Waals surface area contributed by atoms with Gasteiger partial charge in [0.25, 0.3) is 5.91 Å². The lowest BCUT2D eigenvalue weighted by molar-refractivity contribution is -0.135. The summed E-state index contributed by atoms with van der Waals surface area (Å²) in [6.45, 7) is 7.77. The van der Waals surface area contributed by atoms with E-state index in [1.54, 1.807) is 17.0 Å². The number of hydrogen-bond acceptors (Lipinski definition) is 4. The summed E-state index contributed by atoms with van der Waals surface area (Å²) >= 11 is 5.99. The summed E-state index contributed by atoms with van der Waals surface area (Å²) in [4.78, 5) is 28.0. The molecule has 0 radical (unpaired) electrons. The number of amides is 2. The van der Waals surface area contributed by atoms with Crippen LogP contribution in [0.4, 0.5) is 0 Å². The third kappa shape index (κ3) is 6.50. The zero-order valence-corrected chi connectivity index (χ0v) is 16.3. The Morgan fingerprint density at radius 1 is 1.23 bits per heavy atom. The molecule has 7 heteroatoms. The Hall–Kier alpha value is -1.79. The van der Waals surface area contributed by atoms with E-state index in [2.05, 4.69) is 17.1 Å². The van der Waals surface area contributed by atoms with E-state index in [0.717, 1.165) is 24.9 Å². The molecule has 0 spiro atoms. The number of rotatable bonds is 8. The molecule has 6 nitrogen and oxygen atoms in total. The highest BCUT2D eigenvalue weighted by molar-refractivity contribution is 6.31. The third-order valence-electron chi connectivity index (χ3n) is 4.44. The Balaban J connectivity index is 1.69. The minimum absolute atomic E-state index is 0.0125. The molecule has 144 valence electrons. The number of unbranched alkanes of at least 4 members (excludes halogenated alkanes) is 1. The van der Waals surface area contributed by atoms with E-state index in [0.29, 0.717) is 43.5 Å². The number of ether oxygens (including phenoxy) is 1. The summed E-state index contributed by atoms with van der Waals surface area (Å²) in [5.41, 5.74) is 0.919. The molecule has 2 rings (SSSR count). The SMILES string of the molecule is CCCCNC(=O)CN1CCN(C(=O)COc2ccc(Cl)c(C)c2)CC1. The van der Waals surface area contributed by atoms with Crippen LogP contribution >= 0.6 is 11.6 Å². The van der Waals surface area contributed by atoms with Crippen molar-refractivity contribution in [3.05, 3.63) is 28.8 Å². The highest BCUT2D eigenvalue weighted by Gasteiger charge is 2.22. The summed E-state index contributed by atoms with van der Waals surface area (Å²) in [5, 5.41) is 3.60. The Labute approximate surface area is 160 Å². The van der Waals surface area contributed by atoms with E-state index in [9.17, 15) is 9.59 Å². The van der Waals surface area contributed by atoms with Crippen LogP contribution in [0.1, 0.15) is 25.3 Å². The van der Waals surface area contributed by atoms with Gasteiger partial charge in [-0.2, -0.15) is 0 Å². The van der Waals surface area contributed by atoms with E-state index in [1.807, 2.05) is 13.0 Å². The van der Waals surface area contributed by atoms with Crippen molar-refractivity contribution in [2.75, 3.05) is 45.9 Å². The van der Waals surface area contributed by atoms with Crippen LogP contribution in [0.2, 0.25) is 5.02 Å². The first-order valence-electron chi connectivity index (χ1n) is 9.15. The Kier molecular flexibility index (Phi) is 8.19. The van der Waals surface area contributed by atoms with Crippen LogP contribution in [0, 0.1) is 6.92 Å². The fourth-order valence-corrected chi connectivity index (χ4v) is 2.88. The molecule has 2 amide bonds. The van der Waals surface area contributed by atoms with Gasteiger partial charge in [0, 0.05) is 37.7 Å². The zero-order valence-electron chi connectivity index (χ0n) is 15.6. The molecule has 0 aliphatic carbocycles. The molecule has 0 saturated carbocycles. The van der Waals surface area contributed by atoms with Gasteiger partial charge in [-0.15, -0.1) is 0 Å². The molecule has 0 unspecified atom stereocenters. The van der Waals surface area contributed by atoms with E-state index >= 15 is 0 Å². The fourth-order valence-electron chi connectivity index (χ4n) is 2.76. The number of carbonyl (C=O) groups excluding carboxylic acids is 2. The fraction of sp³-hybridized carbons (Fsp3) is 0.579. The van der Waals surface area contributed by atoms with Gasteiger partial charge in [-0.1, -0.05) is 24.9 Å². The number of benzene rings is 1. The second kappa shape index (κ2) is 10.4. The number of aryl methyl sites for hydroxylation is 1. The van der Waals surface area contributed by atoms with Crippen molar-refractivity contribution >= 4 is 23.4 Å². The van der Waals surface area contributed by atoms with E-state index in [4.69, 9.17) is 16.3 Å². The minimum Gasteiger partial charge on any atom is -0.484 e. The predicted molar refractivity (Wildman–Crippen MR) is 103 cm³/mol. The van der Waals surface area contributed by atoms with Crippen molar-refractivity contribution in [1.29, 1.82) is 0 Å². The first-order valence-corrected chi connectivity index (χ1v) is 9.53. The normalized spacial score (nSPS) is 15.0. The van der Waals surface area contributed by atoms with Crippen LogP contribution in [-0.4, -0.2) is 67.5 Å². The maximum absolute atomic E-state index is 12.3.